The van der Waals surface area contributed by atoms with Gasteiger partial charge in [-0.25, -0.2) is 8.42 Å². The Kier molecular flexibility index (Phi) is 4.17. The zero-order chi connectivity index (χ0) is 11.6. The van der Waals surface area contributed by atoms with Crippen LogP contribution in [0, 0.1) is 11.8 Å². The summed E-state index contributed by atoms with van der Waals surface area (Å²) in [6, 6.07) is 0. The van der Waals surface area contributed by atoms with Gasteiger partial charge in [0.1, 0.15) is 0 Å². The second kappa shape index (κ2) is 5.26. The predicted octanol–water partition coefficient (Wildman–Crippen LogP) is 3.00. The molecule has 94 valence electrons. The van der Waals surface area contributed by atoms with E-state index in [-0.39, 0.29) is 11.3 Å². The van der Waals surface area contributed by atoms with Crippen LogP contribution in [-0.2, 0) is 9.84 Å². The highest BCUT2D eigenvalue weighted by Crippen LogP contribution is 2.36. The molecule has 2 unspecified atom stereocenters. The largest absolute Gasteiger partial charge is 0.229 e. The molecule has 1 heterocycles. The molecule has 1 saturated carbocycles. The summed E-state index contributed by atoms with van der Waals surface area (Å²) in [6.07, 6.45) is 8.37. The number of sulfone groups is 1. The minimum absolute atomic E-state index is 0.0929. The summed E-state index contributed by atoms with van der Waals surface area (Å²) in [4.78, 5) is 0. The Morgan fingerprint density at radius 2 is 1.56 bits per heavy atom. The van der Waals surface area contributed by atoms with Crippen molar-refractivity contribution in [2.24, 2.45) is 11.8 Å². The maximum Gasteiger partial charge on any atom is 0.150 e. The lowest BCUT2D eigenvalue weighted by Gasteiger charge is -2.24. The highest BCUT2D eigenvalue weighted by atomic mass is 35.5. The van der Waals surface area contributed by atoms with Crippen LogP contribution in [0.25, 0.3) is 0 Å². The Morgan fingerprint density at radius 1 is 0.938 bits per heavy atom. The second-order valence-electron chi connectivity index (χ2n) is 5.36. The zero-order valence-corrected chi connectivity index (χ0v) is 11.3. The highest BCUT2D eigenvalue weighted by molar-refractivity contribution is 7.91. The molecule has 1 aliphatic carbocycles. The monoisotopic (exact) mass is 264 g/mol. The van der Waals surface area contributed by atoms with Gasteiger partial charge in [0.2, 0.25) is 0 Å². The van der Waals surface area contributed by atoms with Crippen molar-refractivity contribution >= 4 is 21.4 Å². The zero-order valence-electron chi connectivity index (χ0n) is 9.70. The smallest absolute Gasteiger partial charge is 0.150 e. The third-order valence-electron chi connectivity index (χ3n) is 4.07. The second-order valence-corrected chi connectivity index (χ2v) is 8.09. The first kappa shape index (κ1) is 12.7. The molecule has 2 nitrogen and oxygen atoms in total. The van der Waals surface area contributed by atoms with Crippen LogP contribution in [-0.4, -0.2) is 25.3 Å². The molecule has 0 aromatic carbocycles. The number of hydrogen-bond acceptors (Lipinski definition) is 2. The van der Waals surface area contributed by atoms with Gasteiger partial charge in [-0.3, -0.25) is 0 Å². The van der Waals surface area contributed by atoms with Crippen LogP contribution in [0.1, 0.15) is 44.9 Å². The van der Waals surface area contributed by atoms with Crippen LogP contribution in [0.2, 0.25) is 0 Å². The Balaban J connectivity index is 1.93. The molecule has 2 rings (SSSR count). The van der Waals surface area contributed by atoms with Gasteiger partial charge in [-0.15, -0.1) is 11.6 Å². The Morgan fingerprint density at radius 3 is 2.06 bits per heavy atom. The van der Waals surface area contributed by atoms with Crippen LogP contribution in [0.5, 0.6) is 0 Å². The first-order valence-corrected chi connectivity index (χ1v) is 8.69. The Bertz CT molecular complexity index is 318. The lowest BCUT2D eigenvalue weighted by molar-refractivity contribution is 0.367. The number of halogens is 1. The van der Waals surface area contributed by atoms with E-state index in [0.29, 0.717) is 17.4 Å². The fourth-order valence-corrected chi connectivity index (χ4v) is 5.52. The first-order valence-electron chi connectivity index (χ1n) is 6.43. The van der Waals surface area contributed by atoms with Gasteiger partial charge in [-0.05, 0) is 31.1 Å². The lowest BCUT2D eigenvalue weighted by atomic mass is 9.88. The minimum atomic E-state index is -2.77. The van der Waals surface area contributed by atoms with Crippen LogP contribution in [0.15, 0.2) is 0 Å². The molecule has 16 heavy (non-hydrogen) atoms. The summed E-state index contributed by atoms with van der Waals surface area (Å²) in [7, 11) is -2.77. The summed E-state index contributed by atoms with van der Waals surface area (Å²) >= 11 is 6.50. The van der Waals surface area contributed by atoms with Crippen molar-refractivity contribution in [3.8, 4) is 0 Å². The molecule has 0 aromatic rings. The summed E-state index contributed by atoms with van der Waals surface area (Å²) in [5, 5.41) is 0.0929. The van der Waals surface area contributed by atoms with Crippen molar-refractivity contribution in [2.45, 2.75) is 50.3 Å². The molecule has 0 amide bonds. The molecule has 2 fully saturated rings. The molecule has 0 radical (unpaired) electrons. The maximum atomic E-state index is 11.4. The third-order valence-corrected chi connectivity index (χ3v) is 6.57. The minimum Gasteiger partial charge on any atom is -0.229 e. The Labute approximate surface area is 104 Å². The van der Waals surface area contributed by atoms with Crippen LogP contribution in [0.4, 0.5) is 0 Å². The van der Waals surface area contributed by atoms with Gasteiger partial charge in [0, 0.05) is 5.38 Å². The molecular weight excluding hydrogens is 244 g/mol. The van der Waals surface area contributed by atoms with E-state index in [9.17, 15) is 8.42 Å². The van der Waals surface area contributed by atoms with Crippen LogP contribution < -0.4 is 0 Å². The quantitative estimate of drug-likeness (QED) is 0.568. The average molecular weight is 265 g/mol. The van der Waals surface area contributed by atoms with Gasteiger partial charge in [0.15, 0.2) is 9.84 Å². The molecule has 1 saturated heterocycles. The molecule has 4 heteroatoms. The van der Waals surface area contributed by atoms with Gasteiger partial charge < -0.3 is 0 Å². The van der Waals surface area contributed by atoms with Crippen molar-refractivity contribution in [1.82, 2.24) is 0 Å². The summed E-state index contributed by atoms with van der Waals surface area (Å²) in [5.74, 6) is 1.46. The van der Waals surface area contributed by atoms with E-state index in [1.54, 1.807) is 0 Å². The average Bonchev–Trinajstić information content (AvgIpc) is 2.48. The van der Waals surface area contributed by atoms with E-state index < -0.39 is 9.84 Å². The molecule has 2 aliphatic rings. The number of rotatable bonds is 2. The van der Waals surface area contributed by atoms with Crippen molar-refractivity contribution in [3.63, 3.8) is 0 Å². The molecular formula is C12H21ClO2S. The number of hydrogen-bond donors (Lipinski definition) is 0. The van der Waals surface area contributed by atoms with E-state index in [1.807, 2.05) is 0 Å². The van der Waals surface area contributed by atoms with E-state index in [4.69, 9.17) is 11.6 Å². The van der Waals surface area contributed by atoms with Gasteiger partial charge in [0.05, 0.1) is 11.5 Å². The van der Waals surface area contributed by atoms with E-state index >= 15 is 0 Å². The predicted molar refractivity (Wildman–Crippen MR) is 67.6 cm³/mol. The van der Waals surface area contributed by atoms with Gasteiger partial charge in [-0.2, -0.15) is 0 Å². The highest BCUT2D eigenvalue weighted by Gasteiger charge is 2.36. The van der Waals surface area contributed by atoms with Gasteiger partial charge in [-0.1, -0.05) is 25.7 Å². The van der Waals surface area contributed by atoms with Crippen LogP contribution >= 0.6 is 11.6 Å². The van der Waals surface area contributed by atoms with Gasteiger partial charge in [0.25, 0.3) is 0 Å². The number of alkyl halides is 1. The van der Waals surface area contributed by atoms with E-state index in [0.717, 1.165) is 6.42 Å². The van der Waals surface area contributed by atoms with E-state index in [2.05, 4.69) is 0 Å². The normalized spacial score (nSPS) is 33.4. The standard InChI is InChI=1S/C12H21ClO2S/c13-12(10-5-3-1-2-4-6-10)11-7-8-16(14,15)9-11/h10-12H,1-9H2. The Hall–Kier alpha value is 0.240. The SMILES string of the molecule is O=S1(=O)CCC(C(Cl)C2CCCCCC2)C1. The molecule has 2 atom stereocenters. The van der Waals surface area contributed by atoms with Crippen molar-refractivity contribution < 1.29 is 8.42 Å². The molecule has 0 N–H and O–H groups in total. The van der Waals surface area contributed by atoms with Crippen LogP contribution in [0.3, 0.4) is 0 Å². The van der Waals surface area contributed by atoms with Crippen molar-refractivity contribution in [1.29, 1.82) is 0 Å². The summed E-state index contributed by atoms with van der Waals surface area (Å²) in [5.41, 5.74) is 0. The maximum absolute atomic E-state index is 11.4. The fourth-order valence-electron chi connectivity index (χ4n) is 3.09. The molecule has 0 bridgehead atoms. The molecule has 0 aromatic heterocycles. The van der Waals surface area contributed by atoms with Gasteiger partial charge >= 0.3 is 0 Å². The summed E-state index contributed by atoms with van der Waals surface area (Å²) < 4.78 is 22.9. The summed E-state index contributed by atoms with van der Waals surface area (Å²) in [6.45, 7) is 0. The van der Waals surface area contributed by atoms with Crippen molar-refractivity contribution in [3.05, 3.63) is 0 Å². The molecule has 0 spiro atoms. The van der Waals surface area contributed by atoms with E-state index in [1.165, 1.54) is 38.5 Å². The van der Waals surface area contributed by atoms with Crippen molar-refractivity contribution in [2.75, 3.05) is 11.5 Å². The third kappa shape index (κ3) is 3.13. The molecule has 1 aliphatic heterocycles. The first-order chi connectivity index (χ1) is 7.58. The topological polar surface area (TPSA) is 34.1 Å². The lowest BCUT2D eigenvalue weighted by Crippen LogP contribution is -2.25. The fraction of sp³-hybridized carbons (Fsp3) is 1.00.